The Hall–Kier alpha value is -1.96. The Bertz CT molecular complexity index is 607. The predicted octanol–water partition coefficient (Wildman–Crippen LogP) is 3.84. The molecule has 0 saturated heterocycles. The van der Waals surface area contributed by atoms with E-state index in [9.17, 15) is 4.39 Å². The van der Waals surface area contributed by atoms with Crippen molar-refractivity contribution in [2.45, 2.75) is 13.3 Å². The first kappa shape index (κ1) is 11.1. The van der Waals surface area contributed by atoms with Crippen molar-refractivity contribution in [2.24, 2.45) is 10.4 Å². The molecule has 1 heterocycles. The molecule has 0 saturated carbocycles. The van der Waals surface area contributed by atoms with E-state index >= 15 is 0 Å². The van der Waals surface area contributed by atoms with Gasteiger partial charge in [0.1, 0.15) is 5.82 Å². The topological polar surface area (TPSA) is 12.4 Å². The summed E-state index contributed by atoms with van der Waals surface area (Å²) in [5, 5.41) is 0. The number of halogens is 1. The Morgan fingerprint density at radius 2 is 2.06 bits per heavy atom. The van der Waals surface area contributed by atoms with Gasteiger partial charge in [-0.15, -0.1) is 0 Å². The van der Waals surface area contributed by atoms with Crippen LogP contribution in [0.15, 0.2) is 64.8 Å². The third-order valence-electron chi connectivity index (χ3n) is 3.58. The number of allylic oxidation sites excluding steroid dienone is 5. The zero-order valence-electron chi connectivity index (χ0n) is 10.2. The van der Waals surface area contributed by atoms with Gasteiger partial charge in [0.05, 0.1) is 5.70 Å². The predicted molar refractivity (Wildman–Crippen MR) is 72.0 cm³/mol. The Kier molecular flexibility index (Phi) is 2.51. The summed E-state index contributed by atoms with van der Waals surface area (Å²) in [7, 11) is 0. The maximum Gasteiger partial charge on any atom is 0.126 e. The lowest BCUT2D eigenvalue weighted by Crippen LogP contribution is -2.22. The molecule has 0 bridgehead atoms. The largest absolute Gasteiger partial charge is 0.257 e. The van der Waals surface area contributed by atoms with Crippen LogP contribution < -0.4 is 0 Å². The number of aliphatic imine (C=N–C) groups is 1. The Morgan fingerprint density at radius 1 is 1.22 bits per heavy atom. The fraction of sp³-hybridized carbons (Fsp3) is 0.188. The minimum Gasteiger partial charge on any atom is -0.257 e. The molecule has 1 unspecified atom stereocenters. The summed E-state index contributed by atoms with van der Waals surface area (Å²) in [6.07, 6.45) is 10.6. The fourth-order valence-corrected chi connectivity index (χ4v) is 2.60. The van der Waals surface area contributed by atoms with Crippen LogP contribution in [0.3, 0.4) is 0 Å². The third-order valence-corrected chi connectivity index (χ3v) is 3.58. The van der Waals surface area contributed by atoms with Gasteiger partial charge >= 0.3 is 0 Å². The molecule has 18 heavy (non-hydrogen) atoms. The molecule has 0 aromatic heterocycles. The Morgan fingerprint density at radius 3 is 2.89 bits per heavy atom. The highest BCUT2D eigenvalue weighted by Crippen LogP contribution is 2.41. The molecule has 90 valence electrons. The van der Waals surface area contributed by atoms with Crippen LogP contribution in [0, 0.1) is 11.2 Å². The molecule has 0 amide bonds. The Labute approximate surface area is 106 Å². The lowest BCUT2D eigenvalue weighted by molar-refractivity contribution is 0.494. The van der Waals surface area contributed by atoms with E-state index in [0.717, 1.165) is 11.3 Å². The molecule has 0 fully saturated rings. The first-order valence-electron chi connectivity index (χ1n) is 6.07. The van der Waals surface area contributed by atoms with Crippen molar-refractivity contribution in [3.05, 3.63) is 71.2 Å². The number of hydrogen-bond acceptors (Lipinski definition) is 1. The molecule has 2 heteroatoms. The van der Waals surface area contributed by atoms with Gasteiger partial charge in [0.25, 0.3) is 0 Å². The van der Waals surface area contributed by atoms with E-state index in [1.54, 1.807) is 6.07 Å². The van der Waals surface area contributed by atoms with Crippen LogP contribution in [0.2, 0.25) is 0 Å². The summed E-state index contributed by atoms with van der Waals surface area (Å²) >= 11 is 0. The number of fused-ring (bicyclic) bond motifs is 1. The second-order valence-corrected chi connectivity index (χ2v) is 4.96. The number of benzene rings is 1. The molecule has 1 aliphatic carbocycles. The highest BCUT2D eigenvalue weighted by molar-refractivity contribution is 5.81. The minimum atomic E-state index is -0.178. The fourth-order valence-electron chi connectivity index (χ4n) is 2.60. The molecule has 0 spiro atoms. The van der Waals surface area contributed by atoms with Crippen molar-refractivity contribution in [3.8, 4) is 0 Å². The summed E-state index contributed by atoms with van der Waals surface area (Å²) in [5.74, 6) is -0.136. The highest BCUT2D eigenvalue weighted by Gasteiger charge is 2.32. The molecule has 1 aliphatic heterocycles. The first-order valence-corrected chi connectivity index (χ1v) is 6.07. The van der Waals surface area contributed by atoms with E-state index in [2.05, 4.69) is 18.0 Å². The number of nitrogens with zero attached hydrogens (tertiary/aromatic N) is 1. The number of rotatable bonds is 2. The van der Waals surface area contributed by atoms with Gasteiger partial charge in [-0.3, -0.25) is 4.99 Å². The second-order valence-electron chi connectivity index (χ2n) is 4.96. The average molecular weight is 239 g/mol. The molecule has 0 radical (unpaired) electrons. The van der Waals surface area contributed by atoms with Crippen molar-refractivity contribution < 1.29 is 4.39 Å². The van der Waals surface area contributed by atoms with Crippen LogP contribution in [0.1, 0.15) is 12.5 Å². The van der Waals surface area contributed by atoms with Crippen LogP contribution in [-0.4, -0.2) is 6.21 Å². The molecule has 1 aromatic carbocycles. The SMILES string of the molecule is CC1(Cc2ccccc2F)C=CC=C2N=CC=C21. The monoisotopic (exact) mass is 239 g/mol. The van der Waals surface area contributed by atoms with Crippen molar-refractivity contribution in [2.75, 3.05) is 0 Å². The molecule has 1 atom stereocenters. The normalized spacial score (nSPS) is 24.8. The smallest absolute Gasteiger partial charge is 0.126 e. The van der Waals surface area contributed by atoms with Crippen LogP contribution in [-0.2, 0) is 6.42 Å². The lowest BCUT2D eigenvalue weighted by Gasteiger charge is -2.30. The van der Waals surface area contributed by atoms with Gasteiger partial charge in [-0.2, -0.15) is 0 Å². The molecule has 1 aromatic rings. The first-order chi connectivity index (χ1) is 8.69. The van der Waals surface area contributed by atoms with E-state index in [1.165, 1.54) is 11.6 Å². The molecule has 1 nitrogen and oxygen atoms in total. The summed E-state index contributed by atoms with van der Waals surface area (Å²) in [6.45, 7) is 2.13. The van der Waals surface area contributed by atoms with Gasteiger partial charge in [-0.05, 0) is 35.8 Å². The van der Waals surface area contributed by atoms with Crippen molar-refractivity contribution >= 4 is 6.21 Å². The summed E-state index contributed by atoms with van der Waals surface area (Å²) in [6, 6.07) is 6.97. The van der Waals surface area contributed by atoms with E-state index in [0.29, 0.717) is 6.42 Å². The highest BCUT2D eigenvalue weighted by atomic mass is 19.1. The molecule has 3 rings (SSSR count). The van der Waals surface area contributed by atoms with E-state index < -0.39 is 0 Å². The summed E-state index contributed by atoms with van der Waals surface area (Å²) in [4.78, 5) is 4.32. The van der Waals surface area contributed by atoms with Crippen LogP contribution in [0.4, 0.5) is 4.39 Å². The van der Waals surface area contributed by atoms with Gasteiger partial charge in [0, 0.05) is 11.6 Å². The zero-order chi connectivity index (χ0) is 12.6. The van der Waals surface area contributed by atoms with Gasteiger partial charge in [0.15, 0.2) is 0 Å². The maximum atomic E-state index is 13.8. The number of hydrogen-bond donors (Lipinski definition) is 0. The van der Waals surface area contributed by atoms with Crippen LogP contribution >= 0.6 is 0 Å². The van der Waals surface area contributed by atoms with Crippen molar-refractivity contribution in [1.82, 2.24) is 0 Å². The molecule has 0 N–H and O–H groups in total. The zero-order valence-corrected chi connectivity index (χ0v) is 10.2. The van der Waals surface area contributed by atoms with Gasteiger partial charge in [-0.25, -0.2) is 4.39 Å². The Balaban J connectivity index is 1.96. The van der Waals surface area contributed by atoms with Gasteiger partial charge < -0.3 is 0 Å². The minimum absolute atomic E-state index is 0.136. The van der Waals surface area contributed by atoms with Gasteiger partial charge in [-0.1, -0.05) is 37.3 Å². The quantitative estimate of drug-likeness (QED) is 0.743. The standard InChI is InChI=1S/C16H14FN/c1-16(11-12-5-2-3-6-14(12)17)9-4-7-15-13(16)8-10-18-15/h2-10H,11H2,1H3. The van der Waals surface area contributed by atoms with Crippen molar-refractivity contribution in [1.29, 1.82) is 0 Å². The van der Waals surface area contributed by atoms with E-state index in [-0.39, 0.29) is 11.2 Å². The molecule has 2 aliphatic rings. The summed E-state index contributed by atoms with van der Waals surface area (Å²) in [5.41, 5.74) is 2.74. The van der Waals surface area contributed by atoms with Crippen LogP contribution in [0.25, 0.3) is 0 Å². The maximum absolute atomic E-state index is 13.8. The van der Waals surface area contributed by atoms with E-state index in [1.807, 2.05) is 36.6 Å². The van der Waals surface area contributed by atoms with E-state index in [4.69, 9.17) is 0 Å². The third kappa shape index (κ3) is 1.74. The summed E-state index contributed by atoms with van der Waals surface area (Å²) < 4.78 is 13.8. The van der Waals surface area contributed by atoms with Crippen molar-refractivity contribution in [3.63, 3.8) is 0 Å². The van der Waals surface area contributed by atoms with Crippen LogP contribution in [0.5, 0.6) is 0 Å². The second kappa shape index (κ2) is 4.05. The van der Waals surface area contributed by atoms with Gasteiger partial charge in [0.2, 0.25) is 0 Å². The molecular formula is C16H14FN. The average Bonchev–Trinajstić information content (AvgIpc) is 2.82. The molecular weight excluding hydrogens is 225 g/mol. The lowest BCUT2D eigenvalue weighted by atomic mass is 9.73.